The molecule has 0 aromatic heterocycles. The van der Waals surface area contributed by atoms with Crippen molar-refractivity contribution in [2.45, 2.75) is 38.7 Å². The molecule has 0 aromatic carbocycles. The summed E-state index contributed by atoms with van der Waals surface area (Å²) in [5.74, 6) is 0.623. The Kier molecular flexibility index (Phi) is 2.89. The third kappa shape index (κ3) is 2.25. The van der Waals surface area contributed by atoms with Gasteiger partial charge in [0.15, 0.2) is 0 Å². The van der Waals surface area contributed by atoms with Crippen molar-refractivity contribution in [3.8, 4) is 0 Å². The van der Waals surface area contributed by atoms with Crippen LogP contribution >= 0.6 is 0 Å². The summed E-state index contributed by atoms with van der Waals surface area (Å²) in [5, 5.41) is 0. The molecule has 2 rings (SSSR count). The first kappa shape index (κ1) is 9.07. The average Bonchev–Trinajstić information content (AvgIpc) is 2.49. The van der Waals surface area contributed by atoms with E-state index in [4.69, 9.17) is 9.47 Å². The van der Waals surface area contributed by atoms with Crippen LogP contribution in [0.4, 0.5) is 0 Å². The fraction of sp³-hybridized carbons (Fsp3) is 0.818. The first-order valence-corrected chi connectivity index (χ1v) is 5.27. The lowest BCUT2D eigenvalue weighted by Gasteiger charge is -2.30. The van der Waals surface area contributed by atoms with Gasteiger partial charge in [-0.2, -0.15) is 0 Å². The molecule has 2 fully saturated rings. The second kappa shape index (κ2) is 4.14. The molecule has 74 valence electrons. The summed E-state index contributed by atoms with van der Waals surface area (Å²) in [5.41, 5.74) is 1.49. The summed E-state index contributed by atoms with van der Waals surface area (Å²) < 4.78 is 10.8. The van der Waals surface area contributed by atoms with E-state index in [2.05, 4.69) is 6.92 Å². The van der Waals surface area contributed by atoms with Gasteiger partial charge in [0.05, 0.1) is 19.5 Å². The first-order chi connectivity index (χ1) is 6.36. The van der Waals surface area contributed by atoms with Crippen LogP contribution in [-0.2, 0) is 9.47 Å². The van der Waals surface area contributed by atoms with E-state index in [0.29, 0.717) is 12.0 Å². The minimum Gasteiger partial charge on any atom is -0.498 e. The van der Waals surface area contributed by atoms with Gasteiger partial charge in [0, 0.05) is 5.92 Å². The first-order valence-electron chi connectivity index (χ1n) is 5.27. The van der Waals surface area contributed by atoms with Crippen LogP contribution in [-0.4, -0.2) is 19.3 Å². The Morgan fingerprint density at radius 2 is 2.08 bits per heavy atom. The van der Waals surface area contributed by atoms with Crippen molar-refractivity contribution in [3.05, 3.63) is 11.8 Å². The fourth-order valence-electron chi connectivity index (χ4n) is 1.79. The topological polar surface area (TPSA) is 18.5 Å². The van der Waals surface area contributed by atoms with E-state index in [0.717, 1.165) is 13.2 Å². The predicted molar refractivity (Wildman–Crippen MR) is 51.4 cm³/mol. The molecule has 0 N–H and O–H groups in total. The Labute approximate surface area is 79.9 Å². The molecule has 2 heteroatoms. The van der Waals surface area contributed by atoms with E-state index in [1.165, 1.54) is 31.3 Å². The van der Waals surface area contributed by atoms with Gasteiger partial charge in [0.1, 0.15) is 6.10 Å². The molecule has 1 aliphatic carbocycles. The van der Waals surface area contributed by atoms with Gasteiger partial charge in [-0.25, -0.2) is 0 Å². The van der Waals surface area contributed by atoms with Crippen LogP contribution in [0.1, 0.15) is 32.6 Å². The Morgan fingerprint density at radius 3 is 2.62 bits per heavy atom. The highest BCUT2D eigenvalue weighted by Crippen LogP contribution is 2.25. The van der Waals surface area contributed by atoms with Crippen molar-refractivity contribution in [2.75, 3.05) is 13.2 Å². The molecule has 0 bridgehead atoms. The van der Waals surface area contributed by atoms with Crippen LogP contribution < -0.4 is 0 Å². The van der Waals surface area contributed by atoms with Crippen LogP contribution in [0.15, 0.2) is 11.8 Å². The normalized spacial score (nSPS) is 25.5. The summed E-state index contributed by atoms with van der Waals surface area (Å²) >= 11 is 0. The zero-order chi connectivity index (χ0) is 9.10. The lowest BCUT2D eigenvalue weighted by atomic mass is 10.0. The van der Waals surface area contributed by atoms with E-state index in [1.807, 2.05) is 6.26 Å². The van der Waals surface area contributed by atoms with Gasteiger partial charge in [-0.05, 0) is 38.2 Å². The molecule has 2 aliphatic rings. The van der Waals surface area contributed by atoms with Crippen molar-refractivity contribution in [1.29, 1.82) is 0 Å². The molecule has 0 spiro atoms. The smallest absolute Gasteiger partial charge is 0.102 e. The molecular weight excluding hydrogens is 164 g/mol. The minimum absolute atomic E-state index is 0.335. The third-order valence-corrected chi connectivity index (χ3v) is 3.02. The van der Waals surface area contributed by atoms with E-state index >= 15 is 0 Å². The molecule has 0 aromatic rings. The van der Waals surface area contributed by atoms with E-state index in [-0.39, 0.29) is 0 Å². The highest BCUT2D eigenvalue weighted by atomic mass is 16.5. The number of ether oxygens (including phenoxy) is 2. The van der Waals surface area contributed by atoms with Crippen LogP contribution in [0.3, 0.4) is 0 Å². The largest absolute Gasteiger partial charge is 0.498 e. The Balaban J connectivity index is 1.73. The molecule has 1 saturated carbocycles. The third-order valence-electron chi connectivity index (χ3n) is 3.02. The lowest BCUT2D eigenvalue weighted by molar-refractivity contribution is -0.0885. The summed E-state index contributed by atoms with van der Waals surface area (Å²) in [6.07, 6.45) is 7.51. The summed E-state index contributed by atoms with van der Waals surface area (Å²) in [6.45, 7) is 3.90. The summed E-state index contributed by atoms with van der Waals surface area (Å²) in [7, 11) is 0. The van der Waals surface area contributed by atoms with Crippen LogP contribution in [0, 0.1) is 5.92 Å². The number of rotatable bonds is 3. The van der Waals surface area contributed by atoms with Crippen molar-refractivity contribution >= 4 is 0 Å². The summed E-state index contributed by atoms with van der Waals surface area (Å²) in [6, 6.07) is 0. The van der Waals surface area contributed by atoms with Crippen molar-refractivity contribution in [2.24, 2.45) is 5.92 Å². The zero-order valence-corrected chi connectivity index (χ0v) is 8.29. The van der Waals surface area contributed by atoms with Gasteiger partial charge in [0.25, 0.3) is 0 Å². The zero-order valence-electron chi connectivity index (χ0n) is 8.29. The highest BCUT2D eigenvalue weighted by Gasteiger charge is 2.25. The summed E-state index contributed by atoms with van der Waals surface area (Å²) in [4.78, 5) is 0. The van der Waals surface area contributed by atoms with Crippen molar-refractivity contribution in [1.82, 2.24) is 0 Å². The lowest BCUT2D eigenvalue weighted by Crippen LogP contribution is -2.37. The number of hydrogen-bond acceptors (Lipinski definition) is 2. The van der Waals surface area contributed by atoms with E-state index in [9.17, 15) is 0 Å². The van der Waals surface area contributed by atoms with Gasteiger partial charge in [-0.1, -0.05) is 0 Å². The molecule has 2 nitrogen and oxygen atoms in total. The Morgan fingerprint density at radius 1 is 1.38 bits per heavy atom. The molecule has 1 atom stereocenters. The molecule has 1 heterocycles. The maximum Gasteiger partial charge on any atom is 0.102 e. The number of allylic oxidation sites excluding steroid dienone is 1. The van der Waals surface area contributed by atoms with E-state index < -0.39 is 0 Å². The quantitative estimate of drug-likeness (QED) is 0.624. The monoisotopic (exact) mass is 182 g/mol. The van der Waals surface area contributed by atoms with Crippen LogP contribution in [0.25, 0.3) is 0 Å². The molecule has 0 amide bonds. The maximum absolute atomic E-state index is 5.69. The van der Waals surface area contributed by atoms with Crippen molar-refractivity contribution in [3.63, 3.8) is 0 Å². The standard InChI is InChI=1S/C11H18O2/c1-9(11-7-12-8-11)13-6-10-4-2-3-5-10/h6,9,11H,2-5,7-8H2,1H3. The Hall–Kier alpha value is -0.500. The van der Waals surface area contributed by atoms with Gasteiger partial charge in [-0.3, -0.25) is 0 Å². The second-order valence-corrected chi connectivity index (χ2v) is 4.12. The van der Waals surface area contributed by atoms with Crippen LogP contribution in [0.2, 0.25) is 0 Å². The fourth-order valence-corrected chi connectivity index (χ4v) is 1.79. The molecule has 13 heavy (non-hydrogen) atoms. The molecule has 0 radical (unpaired) electrons. The van der Waals surface area contributed by atoms with Gasteiger partial charge < -0.3 is 9.47 Å². The van der Waals surface area contributed by atoms with Crippen molar-refractivity contribution < 1.29 is 9.47 Å². The predicted octanol–water partition coefficient (Wildman–Crippen LogP) is 2.50. The molecule has 1 aliphatic heterocycles. The van der Waals surface area contributed by atoms with Crippen LogP contribution in [0.5, 0.6) is 0 Å². The van der Waals surface area contributed by atoms with E-state index in [1.54, 1.807) is 0 Å². The molecular formula is C11H18O2. The van der Waals surface area contributed by atoms with Gasteiger partial charge >= 0.3 is 0 Å². The minimum atomic E-state index is 0.335. The Bertz CT molecular complexity index is 186. The molecule has 1 unspecified atom stereocenters. The van der Waals surface area contributed by atoms with Gasteiger partial charge in [0.2, 0.25) is 0 Å². The SMILES string of the molecule is CC(OC=C1CCCC1)C1COC1. The average molecular weight is 182 g/mol. The second-order valence-electron chi connectivity index (χ2n) is 4.12. The molecule has 1 saturated heterocycles. The number of hydrogen-bond donors (Lipinski definition) is 0. The highest BCUT2D eigenvalue weighted by molar-refractivity contribution is 5.02. The van der Waals surface area contributed by atoms with Gasteiger partial charge in [-0.15, -0.1) is 0 Å². The maximum atomic E-state index is 5.69.